The number of rotatable bonds is 7. The van der Waals surface area contributed by atoms with Gasteiger partial charge in [0.25, 0.3) is 0 Å². The van der Waals surface area contributed by atoms with Crippen LogP contribution in [0.2, 0.25) is 0 Å². The SMILES string of the molecule is COc1ccc(CNC(=O)CCn2ccc3c(OC)cccc32)cc1. The highest BCUT2D eigenvalue weighted by Gasteiger charge is 2.07. The fourth-order valence-electron chi connectivity index (χ4n) is 2.82. The predicted molar refractivity (Wildman–Crippen MR) is 97.9 cm³/mol. The van der Waals surface area contributed by atoms with Crippen molar-refractivity contribution in [2.75, 3.05) is 14.2 Å². The Hall–Kier alpha value is -2.95. The standard InChI is InChI=1S/C20H22N2O3/c1-24-16-8-6-15(7-9-16)14-21-20(23)11-13-22-12-10-17-18(22)4-3-5-19(17)25-2/h3-10,12H,11,13-14H2,1-2H3,(H,21,23). The number of aryl methyl sites for hydroxylation is 1. The van der Waals surface area contributed by atoms with Crippen LogP contribution in [0.4, 0.5) is 0 Å². The van der Waals surface area contributed by atoms with E-state index in [2.05, 4.69) is 9.88 Å². The summed E-state index contributed by atoms with van der Waals surface area (Å²) in [7, 11) is 3.30. The van der Waals surface area contributed by atoms with Crippen molar-refractivity contribution < 1.29 is 14.3 Å². The molecule has 0 spiro atoms. The van der Waals surface area contributed by atoms with Gasteiger partial charge < -0.3 is 19.4 Å². The van der Waals surface area contributed by atoms with Crippen LogP contribution < -0.4 is 14.8 Å². The number of aromatic nitrogens is 1. The van der Waals surface area contributed by atoms with Gasteiger partial charge in [-0.15, -0.1) is 0 Å². The molecule has 0 aliphatic carbocycles. The monoisotopic (exact) mass is 338 g/mol. The Bertz CT molecular complexity index is 853. The van der Waals surface area contributed by atoms with E-state index in [1.807, 2.05) is 54.7 Å². The maximum Gasteiger partial charge on any atom is 0.222 e. The molecule has 1 N–H and O–H groups in total. The normalized spacial score (nSPS) is 10.6. The summed E-state index contributed by atoms with van der Waals surface area (Å²) in [4.78, 5) is 12.1. The fourth-order valence-corrected chi connectivity index (χ4v) is 2.82. The Morgan fingerprint density at radius 1 is 1.04 bits per heavy atom. The van der Waals surface area contributed by atoms with Crippen molar-refractivity contribution in [2.45, 2.75) is 19.5 Å². The Morgan fingerprint density at radius 3 is 2.56 bits per heavy atom. The molecule has 0 aliphatic heterocycles. The summed E-state index contributed by atoms with van der Waals surface area (Å²) < 4.78 is 12.6. The molecular weight excluding hydrogens is 316 g/mol. The van der Waals surface area contributed by atoms with Crippen molar-refractivity contribution in [1.29, 1.82) is 0 Å². The molecule has 0 saturated carbocycles. The number of methoxy groups -OCH3 is 2. The van der Waals surface area contributed by atoms with E-state index in [0.29, 0.717) is 19.5 Å². The van der Waals surface area contributed by atoms with Crippen molar-refractivity contribution in [2.24, 2.45) is 0 Å². The minimum Gasteiger partial charge on any atom is -0.497 e. The van der Waals surface area contributed by atoms with Gasteiger partial charge >= 0.3 is 0 Å². The summed E-state index contributed by atoms with van der Waals surface area (Å²) in [6.07, 6.45) is 2.42. The highest BCUT2D eigenvalue weighted by molar-refractivity contribution is 5.86. The summed E-state index contributed by atoms with van der Waals surface area (Å²) in [5.74, 6) is 1.69. The first-order chi connectivity index (χ1) is 12.2. The number of nitrogens with zero attached hydrogens (tertiary/aromatic N) is 1. The van der Waals surface area contributed by atoms with Crippen molar-refractivity contribution >= 4 is 16.8 Å². The second-order valence-corrected chi connectivity index (χ2v) is 5.78. The summed E-state index contributed by atoms with van der Waals surface area (Å²) in [6.45, 7) is 1.15. The Labute approximate surface area is 147 Å². The Morgan fingerprint density at radius 2 is 1.84 bits per heavy atom. The molecule has 0 saturated heterocycles. The number of carbonyl (C=O) groups excluding carboxylic acids is 1. The molecule has 1 aromatic heterocycles. The summed E-state index contributed by atoms with van der Waals surface area (Å²) in [5, 5.41) is 4.01. The molecular formula is C20H22N2O3. The lowest BCUT2D eigenvalue weighted by Crippen LogP contribution is -2.23. The number of hydrogen-bond acceptors (Lipinski definition) is 3. The zero-order chi connectivity index (χ0) is 17.6. The molecule has 5 heteroatoms. The molecule has 0 atom stereocenters. The molecule has 25 heavy (non-hydrogen) atoms. The molecule has 5 nitrogen and oxygen atoms in total. The summed E-state index contributed by atoms with van der Waals surface area (Å²) in [6, 6.07) is 15.6. The van der Waals surface area contributed by atoms with Gasteiger partial charge in [-0.2, -0.15) is 0 Å². The number of hydrogen-bond donors (Lipinski definition) is 1. The van der Waals surface area contributed by atoms with Gasteiger partial charge in [0.15, 0.2) is 0 Å². The van der Waals surface area contributed by atoms with Crippen LogP contribution in [0.5, 0.6) is 11.5 Å². The van der Waals surface area contributed by atoms with Gasteiger partial charge in [0, 0.05) is 31.1 Å². The molecule has 3 rings (SSSR count). The lowest BCUT2D eigenvalue weighted by atomic mass is 10.2. The minimum absolute atomic E-state index is 0.0283. The van der Waals surface area contributed by atoms with Crippen molar-refractivity contribution in [1.82, 2.24) is 9.88 Å². The zero-order valence-electron chi connectivity index (χ0n) is 14.5. The third-order valence-electron chi connectivity index (χ3n) is 4.22. The van der Waals surface area contributed by atoms with E-state index in [9.17, 15) is 4.79 Å². The second kappa shape index (κ2) is 7.75. The molecule has 0 aliphatic rings. The number of carbonyl (C=O) groups is 1. The lowest BCUT2D eigenvalue weighted by molar-refractivity contribution is -0.121. The van der Waals surface area contributed by atoms with E-state index >= 15 is 0 Å². The van der Waals surface area contributed by atoms with Gasteiger partial charge in [-0.25, -0.2) is 0 Å². The van der Waals surface area contributed by atoms with Crippen LogP contribution in [0.1, 0.15) is 12.0 Å². The van der Waals surface area contributed by atoms with Gasteiger partial charge in [-0.3, -0.25) is 4.79 Å². The maximum absolute atomic E-state index is 12.1. The topological polar surface area (TPSA) is 52.5 Å². The molecule has 1 amide bonds. The molecule has 0 unspecified atom stereocenters. The second-order valence-electron chi connectivity index (χ2n) is 5.78. The smallest absolute Gasteiger partial charge is 0.222 e. The molecule has 1 heterocycles. The van der Waals surface area contributed by atoms with Crippen LogP contribution in [0, 0.1) is 0 Å². The van der Waals surface area contributed by atoms with Crippen molar-refractivity contribution in [3.8, 4) is 11.5 Å². The molecule has 0 bridgehead atoms. The maximum atomic E-state index is 12.1. The van der Waals surface area contributed by atoms with Crippen LogP contribution in [0.15, 0.2) is 54.7 Å². The number of amides is 1. The van der Waals surface area contributed by atoms with Crippen LogP contribution in [-0.4, -0.2) is 24.7 Å². The molecule has 2 aromatic carbocycles. The van der Waals surface area contributed by atoms with E-state index in [-0.39, 0.29) is 5.91 Å². The number of nitrogens with one attached hydrogen (secondary N) is 1. The van der Waals surface area contributed by atoms with Crippen LogP contribution >= 0.6 is 0 Å². The third kappa shape index (κ3) is 3.94. The van der Waals surface area contributed by atoms with Crippen LogP contribution in [0.25, 0.3) is 10.9 Å². The summed E-state index contributed by atoms with van der Waals surface area (Å²) in [5.41, 5.74) is 2.12. The highest BCUT2D eigenvalue weighted by atomic mass is 16.5. The fraction of sp³-hybridized carbons (Fsp3) is 0.250. The molecule has 0 radical (unpaired) electrons. The van der Waals surface area contributed by atoms with E-state index in [1.54, 1.807) is 14.2 Å². The van der Waals surface area contributed by atoms with Crippen LogP contribution in [0.3, 0.4) is 0 Å². The molecule has 0 fully saturated rings. The van der Waals surface area contributed by atoms with E-state index < -0.39 is 0 Å². The van der Waals surface area contributed by atoms with Gasteiger partial charge in [-0.1, -0.05) is 18.2 Å². The van der Waals surface area contributed by atoms with Gasteiger partial charge in [0.2, 0.25) is 5.91 Å². The zero-order valence-corrected chi connectivity index (χ0v) is 14.5. The minimum atomic E-state index is 0.0283. The highest BCUT2D eigenvalue weighted by Crippen LogP contribution is 2.26. The Balaban J connectivity index is 1.55. The number of fused-ring (bicyclic) bond motifs is 1. The predicted octanol–water partition coefficient (Wildman–Crippen LogP) is 3.37. The average molecular weight is 338 g/mol. The lowest BCUT2D eigenvalue weighted by Gasteiger charge is -2.08. The number of ether oxygens (including phenoxy) is 2. The average Bonchev–Trinajstić information content (AvgIpc) is 3.08. The largest absolute Gasteiger partial charge is 0.497 e. The summed E-state index contributed by atoms with van der Waals surface area (Å²) >= 11 is 0. The Kier molecular flexibility index (Phi) is 5.23. The van der Waals surface area contributed by atoms with Gasteiger partial charge in [0.1, 0.15) is 11.5 Å². The molecule has 3 aromatic rings. The van der Waals surface area contributed by atoms with Crippen molar-refractivity contribution in [3.05, 3.63) is 60.3 Å². The quantitative estimate of drug-likeness (QED) is 0.719. The van der Waals surface area contributed by atoms with Crippen molar-refractivity contribution in [3.63, 3.8) is 0 Å². The first kappa shape index (κ1) is 16.9. The first-order valence-electron chi connectivity index (χ1n) is 8.22. The van der Waals surface area contributed by atoms with Crippen LogP contribution in [-0.2, 0) is 17.9 Å². The van der Waals surface area contributed by atoms with E-state index in [4.69, 9.17) is 9.47 Å². The first-order valence-corrected chi connectivity index (χ1v) is 8.22. The molecule has 130 valence electrons. The van der Waals surface area contributed by atoms with Gasteiger partial charge in [-0.05, 0) is 35.9 Å². The van der Waals surface area contributed by atoms with E-state index in [1.165, 1.54) is 0 Å². The third-order valence-corrected chi connectivity index (χ3v) is 4.22. The van der Waals surface area contributed by atoms with E-state index in [0.717, 1.165) is 28.0 Å². The van der Waals surface area contributed by atoms with Gasteiger partial charge in [0.05, 0.1) is 19.7 Å². The number of benzene rings is 2.